The molecule has 130 valence electrons. The van der Waals surface area contributed by atoms with Crippen molar-refractivity contribution < 1.29 is 19.4 Å². The van der Waals surface area contributed by atoms with Gasteiger partial charge in [-0.25, -0.2) is 4.79 Å². The fourth-order valence-electron chi connectivity index (χ4n) is 2.16. The van der Waals surface area contributed by atoms with E-state index in [2.05, 4.69) is 10.6 Å². The Balaban J connectivity index is 1.85. The number of carbonyl (C=O) groups excluding carboxylic acids is 1. The molecule has 1 aromatic heterocycles. The summed E-state index contributed by atoms with van der Waals surface area (Å²) in [6.07, 6.45) is 0. The molecule has 1 heterocycles. The third-order valence-corrected chi connectivity index (χ3v) is 4.67. The number of methoxy groups -OCH3 is 2. The molecule has 2 aromatic rings. The molecule has 7 heteroatoms. The predicted octanol–water partition coefficient (Wildman–Crippen LogP) is 2.47. The van der Waals surface area contributed by atoms with Crippen molar-refractivity contribution in [3.05, 3.63) is 46.2 Å². The lowest BCUT2D eigenvalue weighted by molar-refractivity contribution is 0.0631. The second kappa shape index (κ2) is 8.03. The van der Waals surface area contributed by atoms with E-state index in [1.54, 1.807) is 33.3 Å². The van der Waals surface area contributed by atoms with Crippen LogP contribution in [0, 0.1) is 0 Å². The summed E-state index contributed by atoms with van der Waals surface area (Å²) in [5.41, 5.74) is -0.206. The number of nitrogens with one attached hydrogen (secondary N) is 2. The smallest absolute Gasteiger partial charge is 0.315 e. The summed E-state index contributed by atoms with van der Waals surface area (Å²) < 4.78 is 10.4. The van der Waals surface area contributed by atoms with Gasteiger partial charge < -0.3 is 25.2 Å². The highest BCUT2D eigenvalue weighted by molar-refractivity contribution is 7.10. The number of hydrogen-bond acceptors (Lipinski definition) is 5. The Hall–Kier alpha value is -2.25. The number of aliphatic hydroxyl groups is 1. The number of amides is 2. The van der Waals surface area contributed by atoms with Crippen LogP contribution in [0.5, 0.6) is 11.5 Å². The first kappa shape index (κ1) is 18.1. The molecule has 0 spiro atoms. The van der Waals surface area contributed by atoms with Gasteiger partial charge in [-0.15, -0.1) is 11.3 Å². The maximum atomic E-state index is 11.9. The van der Waals surface area contributed by atoms with E-state index in [9.17, 15) is 9.90 Å². The fraction of sp³-hybridized carbons (Fsp3) is 0.353. The van der Waals surface area contributed by atoms with Crippen LogP contribution in [-0.4, -0.2) is 31.9 Å². The van der Waals surface area contributed by atoms with Gasteiger partial charge in [0.1, 0.15) is 5.60 Å². The molecule has 1 atom stereocenters. The highest BCUT2D eigenvalue weighted by Gasteiger charge is 2.24. The molecule has 3 N–H and O–H groups in total. The topological polar surface area (TPSA) is 79.8 Å². The predicted molar refractivity (Wildman–Crippen MR) is 93.7 cm³/mol. The molecule has 0 saturated carbocycles. The zero-order valence-electron chi connectivity index (χ0n) is 14.0. The number of ether oxygens (including phenoxy) is 2. The lowest BCUT2D eigenvalue weighted by Gasteiger charge is -2.22. The van der Waals surface area contributed by atoms with Crippen molar-refractivity contribution in [2.45, 2.75) is 19.1 Å². The first-order valence-corrected chi connectivity index (χ1v) is 8.33. The van der Waals surface area contributed by atoms with Gasteiger partial charge in [-0.1, -0.05) is 12.1 Å². The molecule has 0 fully saturated rings. The van der Waals surface area contributed by atoms with Gasteiger partial charge >= 0.3 is 6.03 Å². The van der Waals surface area contributed by atoms with E-state index >= 15 is 0 Å². The number of benzene rings is 1. The van der Waals surface area contributed by atoms with E-state index in [1.807, 2.05) is 23.6 Å². The minimum atomic E-state index is -1.09. The first-order chi connectivity index (χ1) is 11.5. The Kier molecular flexibility index (Phi) is 6.05. The molecular formula is C17H22N2O4S. The van der Waals surface area contributed by atoms with Crippen molar-refractivity contribution in [2.24, 2.45) is 0 Å². The molecular weight excluding hydrogens is 328 g/mol. The maximum Gasteiger partial charge on any atom is 0.315 e. The van der Waals surface area contributed by atoms with Gasteiger partial charge in [0.25, 0.3) is 0 Å². The van der Waals surface area contributed by atoms with Gasteiger partial charge in [0.2, 0.25) is 0 Å². The van der Waals surface area contributed by atoms with Gasteiger partial charge in [-0.2, -0.15) is 0 Å². The minimum absolute atomic E-state index is 0.130. The number of rotatable bonds is 7. The third-order valence-electron chi connectivity index (χ3n) is 3.55. The molecule has 0 bridgehead atoms. The van der Waals surface area contributed by atoms with E-state index in [4.69, 9.17) is 9.47 Å². The van der Waals surface area contributed by atoms with E-state index in [-0.39, 0.29) is 12.6 Å². The van der Waals surface area contributed by atoms with Crippen molar-refractivity contribution in [3.8, 4) is 11.5 Å². The second-order valence-corrected chi connectivity index (χ2v) is 6.42. The van der Waals surface area contributed by atoms with Crippen LogP contribution in [0.3, 0.4) is 0 Å². The van der Waals surface area contributed by atoms with Crippen LogP contribution >= 0.6 is 11.3 Å². The summed E-state index contributed by atoms with van der Waals surface area (Å²) in [6.45, 7) is 2.14. The SMILES string of the molecule is COc1ccc(CNC(=O)NC[C@](C)(O)c2cccs2)cc1OC. The normalized spacial score (nSPS) is 13.0. The number of carbonyl (C=O) groups is 1. The Bertz CT molecular complexity index is 671. The van der Waals surface area contributed by atoms with Crippen LogP contribution in [0.1, 0.15) is 17.4 Å². The molecule has 24 heavy (non-hydrogen) atoms. The average Bonchev–Trinajstić information content (AvgIpc) is 3.13. The average molecular weight is 350 g/mol. The van der Waals surface area contributed by atoms with Crippen LogP contribution in [0.2, 0.25) is 0 Å². The lowest BCUT2D eigenvalue weighted by Crippen LogP contribution is -2.42. The highest BCUT2D eigenvalue weighted by Crippen LogP contribution is 2.27. The Morgan fingerprint density at radius 3 is 2.58 bits per heavy atom. The quantitative estimate of drug-likeness (QED) is 0.717. The molecule has 0 radical (unpaired) electrons. The van der Waals surface area contributed by atoms with E-state index in [1.165, 1.54) is 11.3 Å². The van der Waals surface area contributed by atoms with Gasteiger partial charge in [-0.05, 0) is 36.1 Å². The van der Waals surface area contributed by atoms with Crippen LogP contribution < -0.4 is 20.1 Å². The summed E-state index contributed by atoms with van der Waals surface area (Å²) in [5, 5.41) is 17.7. The van der Waals surface area contributed by atoms with Crippen molar-refractivity contribution in [1.29, 1.82) is 0 Å². The van der Waals surface area contributed by atoms with Crippen LogP contribution in [0.4, 0.5) is 4.79 Å². The van der Waals surface area contributed by atoms with Crippen molar-refractivity contribution in [1.82, 2.24) is 10.6 Å². The van der Waals surface area contributed by atoms with E-state index in [0.717, 1.165) is 10.4 Å². The molecule has 0 saturated heterocycles. The van der Waals surface area contributed by atoms with Crippen molar-refractivity contribution in [2.75, 3.05) is 20.8 Å². The fourth-order valence-corrected chi connectivity index (χ4v) is 2.95. The molecule has 0 aliphatic rings. The van der Waals surface area contributed by atoms with Gasteiger partial charge in [0, 0.05) is 11.4 Å². The third kappa shape index (κ3) is 4.62. The summed E-state index contributed by atoms with van der Waals surface area (Å²) in [7, 11) is 3.14. The minimum Gasteiger partial charge on any atom is -0.493 e. The Morgan fingerprint density at radius 1 is 1.21 bits per heavy atom. The number of hydrogen-bond donors (Lipinski definition) is 3. The van der Waals surface area contributed by atoms with Gasteiger partial charge in [0.05, 0.1) is 20.8 Å². The monoisotopic (exact) mass is 350 g/mol. The highest BCUT2D eigenvalue weighted by atomic mass is 32.1. The summed E-state index contributed by atoms with van der Waals surface area (Å²) >= 11 is 1.45. The number of thiophene rings is 1. The van der Waals surface area contributed by atoms with Gasteiger partial charge in [0.15, 0.2) is 11.5 Å². The second-order valence-electron chi connectivity index (χ2n) is 5.48. The Morgan fingerprint density at radius 2 is 1.96 bits per heavy atom. The molecule has 0 aliphatic heterocycles. The molecule has 0 aliphatic carbocycles. The molecule has 6 nitrogen and oxygen atoms in total. The Labute approximate surface area is 145 Å². The summed E-state index contributed by atoms with van der Waals surface area (Å²) in [5.74, 6) is 1.25. The summed E-state index contributed by atoms with van der Waals surface area (Å²) in [6, 6.07) is 8.81. The number of urea groups is 1. The van der Waals surface area contributed by atoms with Gasteiger partial charge in [-0.3, -0.25) is 0 Å². The largest absolute Gasteiger partial charge is 0.493 e. The lowest BCUT2D eigenvalue weighted by atomic mass is 10.1. The molecule has 2 rings (SSSR count). The van der Waals surface area contributed by atoms with Crippen LogP contribution in [0.15, 0.2) is 35.7 Å². The van der Waals surface area contributed by atoms with Crippen LogP contribution in [0.25, 0.3) is 0 Å². The molecule has 2 amide bonds. The van der Waals surface area contributed by atoms with E-state index < -0.39 is 5.60 Å². The van der Waals surface area contributed by atoms with Crippen molar-refractivity contribution >= 4 is 17.4 Å². The van der Waals surface area contributed by atoms with Crippen LogP contribution in [-0.2, 0) is 12.1 Å². The van der Waals surface area contributed by atoms with Crippen molar-refractivity contribution in [3.63, 3.8) is 0 Å². The zero-order valence-corrected chi connectivity index (χ0v) is 14.8. The van der Waals surface area contributed by atoms with E-state index in [0.29, 0.717) is 18.0 Å². The summed E-state index contributed by atoms with van der Waals surface area (Å²) in [4.78, 5) is 12.7. The molecule has 1 aromatic carbocycles. The maximum absolute atomic E-state index is 11.9. The zero-order chi connectivity index (χ0) is 17.6. The molecule has 0 unspecified atom stereocenters. The standard InChI is InChI=1S/C17H22N2O4S/c1-17(21,15-5-4-8-24-15)11-19-16(20)18-10-12-6-7-13(22-2)14(9-12)23-3/h4-9,21H,10-11H2,1-3H3,(H2,18,19,20)/t17-/m0/s1. The first-order valence-electron chi connectivity index (χ1n) is 7.45.